The third-order valence-electron chi connectivity index (χ3n) is 3.21. The average Bonchev–Trinajstić information content (AvgIpc) is 2.33. The maximum Gasteiger partial charge on any atom is 0.115 e. The molecule has 1 heterocycles. The molecule has 1 aromatic rings. The van der Waals surface area contributed by atoms with Gasteiger partial charge in [0.15, 0.2) is 0 Å². The number of likely N-dealkylation sites (tertiary alicyclic amines) is 1. The number of piperidine rings is 1. The van der Waals surface area contributed by atoms with E-state index in [9.17, 15) is 5.11 Å². The van der Waals surface area contributed by atoms with Crippen molar-refractivity contribution >= 4 is 0 Å². The van der Waals surface area contributed by atoms with E-state index in [1.54, 1.807) is 12.1 Å². The van der Waals surface area contributed by atoms with Crippen LogP contribution < -0.4 is 0 Å². The Balaban J connectivity index is 1.87. The first kappa shape index (κ1) is 12.4. The summed E-state index contributed by atoms with van der Waals surface area (Å²) in [6.07, 6.45) is 2.79. The van der Waals surface area contributed by atoms with Crippen LogP contribution in [0.1, 0.15) is 25.3 Å². The van der Waals surface area contributed by atoms with Crippen molar-refractivity contribution in [2.45, 2.75) is 32.4 Å². The third kappa shape index (κ3) is 3.72. The van der Waals surface area contributed by atoms with Crippen LogP contribution in [0.4, 0.5) is 0 Å². The second kappa shape index (κ2) is 6.03. The Morgan fingerprint density at radius 2 is 2.12 bits per heavy atom. The summed E-state index contributed by atoms with van der Waals surface area (Å²) in [6, 6.07) is 7.47. The number of ether oxygens (including phenoxy) is 1. The van der Waals surface area contributed by atoms with Crippen molar-refractivity contribution in [1.29, 1.82) is 0 Å². The van der Waals surface area contributed by atoms with E-state index in [1.807, 2.05) is 12.1 Å². The van der Waals surface area contributed by atoms with Gasteiger partial charge < -0.3 is 9.84 Å². The Labute approximate surface area is 103 Å². The molecule has 0 saturated carbocycles. The van der Waals surface area contributed by atoms with Crippen LogP contribution in [0.25, 0.3) is 0 Å². The molecule has 3 heteroatoms. The zero-order valence-corrected chi connectivity index (χ0v) is 10.4. The molecular formula is C14H21NO2. The summed E-state index contributed by atoms with van der Waals surface area (Å²) < 4.78 is 5.69. The monoisotopic (exact) mass is 235 g/mol. The largest absolute Gasteiger partial charge is 0.508 e. The summed E-state index contributed by atoms with van der Waals surface area (Å²) in [6.45, 7) is 5.97. The molecule has 0 amide bonds. The number of phenols is 1. The molecule has 1 aliphatic rings. The Hall–Kier alpha value is -1.06. The molecule has 94 valence electrons. The second-order valence-corrected chi connectivity index (χ2v) is 4.62. The topological polar surface area (TPSA) is 32.7 Å². The van der Waals surface area contributed by atoms with Gasteiger partial charge in [-0.1, -0.05) is 12.1 Å². The van der Waals surface area contributed by atoms with Crippen LogP contribution in [0.2, 0.25) is 0 Å². The Morgan fingerprint density at radius 3 is 2.82 bits per heavy atom. The highest BCUT2D eigenvalue weighted by atomic mass is 16.5. The van der Waals surface area contributed by atoms with E-state index in [2.05, 4.69) is 11.8 Å². The first-order valence-corrected chi connectivity index (χ1v) is 6.40. The van der Waals surface area contributed by atoms with Gasteiger partial charge in [-0.2, -0.15) is 0 Å². The minimum absolute atomic E-state index is 0.333. The molecule has 1 unspecified atom stereocenters. The Bertz CT molecular complexity index is 335. The molecule has 1 saturated heterocycles. The summed E-state index contributed by atoms with van der Waals surface area (Å²) in [5.74, 6) is 0.333. The van der Waals surface area contributed by atoms with Gasteiger partial charge in [-0.05, 0) is 44.0 Å². The highest BCUT2D eigenvalue weighted by Gasteiger charge is 2.19. The smallest absolute Gasteiger partial charge is 0.115 e. The molecule has 1 aliphatic heterocycles. The van der Waals surface area contributed by atoms with Crippen LogP contribution in [0, 0.1) is 0 Å². The molecule has 17 heavy (non-hydrogen) atoms. The van der Waals surface area contributed by atoms with Crippen molar-refractivity contribution in [3.05, 3.63) is 29.8 Å². The molecule has 0 aromatic heterocycles. The molecule has 1 atom stereocenters. The van der Waals surface area contributed by atoms with Crippen molar-refractivity contribution in [2.75, 3.05) is 19.7 Å². The molecule has 0 spiro atoms. The van der Waals surface area contributed by atoms with Crippen LogP contribution in [-0.4, -0.2) is 35.8 Å². The maximum atomic E-state index is 9.24. The van der Waals surface area contributed by atoms with Gasteiger partial charge in [0, 0.05) is 19.7 Å². The molecule has 0 bridgehead atoms. The van der Waals surface area contributed by atoms with Crippen molar-refractivity contribution in [2.24, 2.45) is 0 Å². The fraction of sp³-hybridized carbons (Fsp3) is 0.571. The van der Waals surface area contributed by atoms with Crippen molar-refractivity contribution in [3.63, 3.8) is 0 Å². The molecule has 1 fully saturated rings. The highest BCUT2D eigenvalue weighted by molar-refractivity contribution is 5.25. The molecule has 1 aromatic carbocycles. The van der Waals surface area contributed by atoms with Gasteiger partial charge in [0.05, 0.1) is 6.10 Å². The summed E-state index contributed by atoms with van der Waals surface area (Å²) in [5.41, 5.74) is 1.25. The van der Waals surface area contributed by atoms with E-state index in [0.29, 0.717) is 11.9 Å². The molecule has 2 rings (SSSR count). The van der Waals surface area contributed by atoms with E-state index in [1.165, 1.54) is 18.4 Å². The summed E-state index contributed by atoms with van der Waals surface area (Å²) in [4.78, 5) is 2.43. The fourth-order valence-corrected chi connectivity index (χ4v) is 2.39. The molecule has 0 radical (unpaired) electrons. The number of rotatable bonds is 4. The van der Waals surface area contributed by atoms with Crippen LogP contribution >= 0.6 is 0 Å². The third-order valence-corrected chi connectivity index (χ3v) is 3.21. The molecule has 3 nitrogen and oxygen atoms in total. The second-order valence-electron chi connectivity index (χ2n) is 4.62. The van der Waals surface area contributed by atoms with Gasteiger partial charge >= 0.3 is 0 Å². The zero-order valence-electron chi connectivity index (χ0n) is 10.4. The van der Waals surface area contributed by atoms with E-state index in [-0.39, 0.29) is 0 Å². The average molecular weight is 235 g/mol. The SMILES string of the molecule is CCOC1CCCN(Cc2ccc(O)cc2)C1. The number of benzene rings is 1. The summed E-state index contributed by atoms with van der Waals surface area (Å²) >= 11 is 0. The predicted octanol–water partition coefficient (Wildman–Crippen LogP) is 2.39. The number of aromatic hydroxyl groups is 1. The predicted molar refractivity (Wildman–Crippen MR) is 68.0 cm³/mol. The number of hydrogen-bond donors (Lipinski definition) is 1. The van der Waals surface area contributed by atoms with Crippen LogP contribution in [0.3, 0.4) is 0 Å². The van der Waals surface area contributed by atoms with E-state index in [4.69, 9.17) is 4.74 Å². The fourth-order valence-electron chi connectivity index (χ4n) is 2.39. The number of hydrogen-bond acceptors (Lipinski definition) is 3. The Kier molecular flexibility index (Phi) is 4.40. The zero-order chi connectivity index (χ0) is 12.1. The molecule has 1 N–H and O–H groups in total. The summed E-state index contributed by atoms with van der Waals surface area (Å²) in [5, 5.41) is 9.24. The quantitative estimate of drug-likeness (QED) is 0.869. The lowest BCUT2D eigenvalue weighted by Crippen LogP contribution is -2.39. The van der Waals surface area contributed by atoms with E-state index < -0.39 is 0 Å². The standard InChI is InChI=1S/C14H21NO2/c1-2-17-14-4-3-9-15(11-14)10-12-5-7-13(16)8-6-12/h5-8,14,16H,2-4,9-11H2,1H3. The minimum atomic E-state index is 0.333. The number of nitrogens with zero attached hydrogens (tertiary/aromatic N) is 1. The molecule has 0 aliphatic carbocycles. The lowest BCUT2D eigenvalue weighted by atomic mass is 10.1. The first-order chi connectivity index (χ1) is 8.28. The highest BCUT2D eigenvalue weighted by Crippen LogP contribution is 2.17. The number of phenolic OH excluding ortho intramolecular Hbond substituents is 1. The van der Waals surface area contributed by atoms with Gasteiger partial charge in [-0.25, -0.2) is 0 Å². The minimum Gasteiger partial charge on any atom is -0.508 e. The van der Waals surface area contributed by atoms with Crippen LogP contribution in [-0.2, 0) is 11.3 Å². The molecular weight excluding hydrogens is 214 g/mol. The van der Waals surface area contributed by atoms with E-state index in [0.717, 1.165) is 26.2 Å². The first-order valence-electron chi connectivity index (χ1n) is 6.40. The summed E-state index contributed by atoms with van der Waals surface area (Å²) in [7, 11) is 0. The van der Waals surface area contributed by atoms with E-state index >= 15 is 0 Å². The van der Waals surface area contributed by atoms with Crippen molar-refractivity contribution < 1.29 is 9.84 Å². The van der Waals surface area contributed by atoms with Crippen molar-refractivity contribution in [3.8, 4) is 5.75 Å². The lowest BCUT2D eigenvalue weighted by Gasteiger charge is -2.32. The van der Waals surface area contributed by atoms with Crippen molar-refractivity contribution in [1.82, 2.24) is 4.90 Å². The van der Waals surface area contributed by atoms with Gasteiger partial charge in [0.1, 0.15) is 5.75 Å². The van der Waals surface area contributed by atoms with Crippen LogP contribution in [0.15, 0.2) is 24.3 Å². The van der Waals surface area contributed by atoms with Gasteiger partial charge in [-0.15, -0.1) is 0 Å². The maximum absolute atomic E-state index is 9.24. The normalized spacial score (nSPS) is 21.6. The van der Waals surface area contributed by atoms with Crippen LogP contribution in [0.5, 0.6) is 5.75 Å². The van der Waals surface area contributed by atoms with Gasteiger partial charge in [0.2, 0.25) is 0 Å². The van der Waals surface area contributed by atoms with Gasteiger partial charge in [0.25, 0.3) is 0 Å². The van der Waals surface area contributed by atoms with Gasteiger partial charge in [-0.3, -0.25) is 4.90 Å². The Morgan fingerprint density at radius 1 is 1.35 bits per heavy atom. The lowest BCUT2D eigenvalue weighted by molar-refractivity contribution is 0.00363.